The number of benzene rings is 1. The monoisotopic (exact) mass is 471 g/mol. The van der Waals surface area contributed by atoms with Gasteiger partial charge in [0.25, 0.3) is 11.8 Å². The molecule has 3 aromatic heterocycles. The number of nitrogens with two attached hydrogens (primary N) is 1. The SMILES string of the molecule is CC(=O)n1ccc2c(C(=O)N3CCC(NC(=O)c4cc(-c5cnn(C)c5)cnc4N)C3)cccc21. The molecule has 35 heavy (non-hydrogen) atoms. The first kappa shape index (κ1) is 22.3. The van der Waals surface area contributed by atoms with E-state index in [2.05, 4.69) is 15.4 Å². The van der Waals surface area contributed by atoms with Crippen LogP contribution in [0.1, 0.15) is 38.9 Å². The molecule has 5 rings (SSSR count). The average molecular weight is 472 g/mol. The minimum Gasteiger partial charge on any atom is -0.383 e. The highest BCUT2D eigenvalue weighted by Gasteiger charge is 2.30. The first-order valence-electron chi connectivity index (χ1n) is 11.3. The molecule has 1 fully saturated rings. The normalized spacial score (nSPS) is 15.5. The van der Waals surface area contributed by atoms with Gasteiger partial charge in [0.15, 0.2) is 0 Å². The Labute approximate surface area is 201 Å². The van der Waals surface area contributed by atoms with Gasteiger partial charge in [-0.3, -0.25) is 23.6 Å². The molecule has 0 radical (unpaired) electrons. The van der Waals surface area contributed by atoms with Crippen molar-refractivity contribution in [1.82, 2.24) is 29.5 Å². The van der Waals surface area contributed by atoms with Crippen molar-refractivity contribution in [3.05, 3.63) is 66.2 Å². The van der Waals surface area contributed by atoms with Gasteiger partial charge in [0.1, 0.15) is 5.82 Å². The highest BCUT2D eigenvalue weighted by atomic mass is 16.2. The van der Waals surface area contributed by atoms with E-state index in [0.29, 0.717) is 30.6 Å². The van der Waals surface area contributed by atoms with Gasteiger partial charge in [-0.25, -0.2) is 4.98 Å². The van der Waals surface area contributed by atoms with Gasteiger partial charge in [-0.1, -0.05) is 6.07 Å². The third-order valence-electron chi connectivity index (χ3n) is 6.31. The van der Waals surface area contributed by atoms with Gasteiger partial charge >= 0.3 is 0 Å². The molecular formula is C25H25N7O3. The van der Waals surface area contributed by atoms with Crippen LogP contribution in [0, 0.1) is 0 Å². The summed E-state index contributed by atoms with van der Waals surface area (Å²) in [5.74, 6) is -0.438. The first-order valence-corrected chi connectivity index (χ1v) is 11.3. The Morgan fingerprint density at radius 2 is 1.94 bits per heavy atom. The fraction of sp³-hybridized carbons (Fsp3) is 0.240. The summed E-state index contributed by atoms with van der Waals surface area (Å²) in [4.78, 5) is 44.0. The number of amides is 2. The van der Waals surface area contributed by atoms with Crippen molar-refractivity contribution in [3.63, 3.8) is 0 Å². The Hall–Kier alpha value is -4.47. The zero-order chi connectivity index (χ0) is 24.7. The Balaban J connectivity index is 1.30. The minimum absolute atomic E-state index is 0.116. The molecule has 1 saturated heterocycles. The maximum atomic E-state index is 13.3. The van der Waals surface area contributed by atoms with Gasteiger partial charge in [0.2, 0.25) is 5.91 Å². The number of carbonyl (C=O) groups is 3. The van der Waals surface area contributed by atoms with Gasteiger partial charge in [-0.05, 0) is 30.7 Å². The Morgan fingerprint density at radius 3 is 2.69 bits per heavy atom. The molecule has 0 aliphatic carbocycles. The van der Waals surface area contributed by atoms with Crippen LogP contribution < -0.4 is 11.1 Å². The number of nitrogens with one attached hydrogen (secondary N) is 1. The number of likely N-dealkylation sites (tertiary alicyclic amines) is 1. The predicted octanol–water partition coefficient (Wildman–Crippen LogP) is 2.32. The van der Waals surface area contributed by atoms with Crippen LogP contribution in [0.3, 0.4) is 0 Å². The summed E-state index contributed by atoms with van der Waals surface area (Å²) in [5.41, 5.74) is 9.08. The van der Waals surface area contributed by atoms with Crippen LogP contribution in [0.4, 0.5) is 5.82 Å². The number of rotatable bonds is 4. The lowest BCUT2D eigenvalue weighted by Crippen LogP contribution is -2.38. The van der Waals surface area contributed by atoms with Crippen LogP contribution in [-0.4, -0.2) is 61.1 Å². The van der Waals surface area contributed by atoms with E-state index in [-0.39, 0.29) is 35.1 Å². The van der Waals surface area contributed by atoms with E-state index in [1.165, 1.54) is 11.5 Å². The molecule has 3 N–H and O–H groups in total. The van der Waals surface area contributed by atoms with Gasteiger partial charge in [-0.2, -0.15) is 5.10 Å². The minimum atomic E-state index is -0.333. The van der Waals surface area contributed by atoms with Crippen molar-refractivity contribution in [2.75, 3.05) is 18.8 Å². The van der Waals surface area contributed by atoms with Crippen molar-refractivity contribution < 1.29 is 14.4 Å². The Morgan fingerprint density at radius 1 is 1.11 bits per heavy atom. The number of nitrogen functional groups attached to an aromatic ring is 1. The molecule has 1 aliphatic heterocycles. The van der Waals surface area contributed by atoms with Crippen LogP contribution in [-0.2, 0) is 7.05 Å². The third kappa shape index (κ3) is 4.14. The van der Waals surface area contributed by atoms with E-state index in [0.717, 1.165) is 16.5 Å². The lowest BCUT2D eigenvalue weighted by Gasteiger charge is -2.18. The van der Waals surface area contributed by atoms with Gasteiger partial charge in [0.05, 0.1) is 17.3 Å². The van der Waals surface area contributed by atoms with Crippen molar-refractivity contribution in [2.45, 2.75) is 19.4 Å². The Bertz CT molecular complexity index is 1470. The van der Waals surface area contributed by atoms with E-state index in [1.54, 1.807) is 52.4 Å². The molecule has 1 atom stereocenters. The highest BCUT2D eigenvalue weighted by molar-refractivity contribution is 6.08. The van der Waals surface area contributed by atoms with E-state index < -0.39 is 0 Å². The molecule has 0 bridgehead atoms. The van der Waals surface area contributed by atoms with E-state index >= 15 is 0 Å². The van der Waals surface area contributed by atoms with E-state index in [9.17, 15) is 14.4 Å². The number of hydrogen-bond donors (Lipinski definition) is 2. The Kier molecular flexibility index (Phi) is 5.56. The van der Waals surface area contributed by atoms with Crippen LogP contribution in [0.5, 0.6) is 0 Å². The summed E-state index contributed by atoms with van der Waals surface area (Å²) in [6, 6.07) is 8.62. The second-order valence-electron chi connectivity index (χ2n) is 8.71. The number of anilines is 1. The topological polar surface area (TPSA) is 128 Å². The number of nitrogens with zero attached hydrogens (tertiary/aromatic N) is 5. The zero-order valence-corrected chi connectivity index (χ0v) is 19.4. The van der Waals surface area contributed by atoms with E-state index in [1.807, 2.05) is 19.3 Å². The summed E-state index contributed by atoms with van der Waals surface area (Å²) in [6.45, 7) is 2.37. The maximum absolute atomic E-state index is 13.3. The highest BCUT2D eigenvalue weighted by Crippen LogP contribution is 2.25. The lowest BCUT2D eigenvalue weighted by molar-refractivity contribution is 0.0784. The fourth-order valence-electron chi connectivity index (χ4n) is 4.51. The molecule has 1 aliphatic rings. The zero-order valence-electron chi connectivity index (χ0n) is 19.4. The molecule has 4 aromatic rings. The summed E-state index contributed by atoms with van der Waals surface area (Å²) in [7, 11) is 1.81. The molecule has 4 heterocycles. The van der Waals surface area contributed by atoms with Crippen LogP contribution in [0.2, 0.25) is 0 Å². The summed E-state index contributed by atoms with van der Waals surface area (Å²) < 4.78 is 3.20. The van der Waals surface area contributed by atoms with Crippen molar-refractivity contribution >= 4 is 34.4 Å². The summed E-state index contributed by atoms with van der Waals surface area (Å²) in [5, 5.41) is 7.87. The molecule has 1 aromatic carbocycles. The predicted molar refractivity (Wildman–Crippen MR) is 131 cm³/mol. The molecule has 2 amide bonds. The molecule has 178 valence electrons. The fourth-order valence-corrected chi connectivity index (χ4v) is 4.51. The molecular weight excluding hydrogens is 446 g/mol. The summed E-state index contributed by atoms with van der Waals surface area (Å²) in [6.07, 6.45) is 7.44. The smallest absolute Gasteiger partial charge is 0.255 e. The number of pyridine rings is 1. The molecule has 0 spiro atoms. The lowest BCUT2D eigenvalue weighted by atomic mass is 10.1. The standard InChI is InChI=1S/C25H25N7O3/c1-15(33)32-9-7-19-20(4-3-5-22(19)32)25(35)31-8-6-18(14-31)29-24(34)21-10-16(11-27-23(21)26)17-12-28-30(2)13-17/h3-5,7,9-13,18H,6,8,14H2,1-2H3,(H2,26,27)(H,29,34). The average Bonchev–Trinajstić information content (AvgIpc) is 3.58. The second kappa shape index (κ2) is 8.71. The number of fused-ring (bicyclic) bond motifs is 1. The number of hydrogen-bond acceptors (Lipinski definition) is 6. The molecule has 0 saturated carbocycles. The van der Waals surface area contributed by atoms with Crippen LogP contribution >= 0.6 is 0 Å². The quantitative estimate of drug-likeness (QED) is 0.470. The van der Waals surface area contributed by atoms with E-state index in [4.69, 9.17) is 5.73 Å². The third-order valence-corrected chi connectivity index (χ3v) is 6.31. The van der Waals surface area contributed by atoms with Crippen molar-refractivity contribution in [2.24, 2.45) is 7.05 Å². The van der Waals surface area contributed by atoms with Crippen LogP contribution in [0.15, 0.2) is 55.1 Å². The summed E-state index contributed by atoms with van der Waals surface area (Å²) >= 11 is 0. The second-order valence-corrected chi connectivity index (χ2v) is 8.71. The van der Waals surface area contributed by atoms with Gasteiger partial charge < -0.3 is 16.0 Å². The molecule has 1 unspecified atom stereocenters. The van der Waals surface area contributed by atoms with Crippen molar-refractivity contribution in [1.29, 1.82) is 0 Å². The number of aryl methyl sites for hydroxylation is 1. The van der Waals surface area contributed by atoms with Crippen molar-refractivity contribution in [3.8, 4) is 11.1 Å². The number of aromatic nitrogens is 4. The molecule has 10 heteroatoms. The van der Waals surface area contributed by atoms with Crippen LogP contribution in [0.25, 0.3) is 22.0 Å². The van der Waals surface area contributed by atoms with Gasteiger partial charge in [-0.15, -0.1) is 0 Å². The first-order chi connectivity index (χ1) is 16.8. The largest absolute Gasteiger partial charge is 0.383 e. The number of carbonyl (C=O) groups excluding carboxylic acids is 3. The van der Waals surface area contributed by atoms with Gasteiger partial charge in [0, 0.05) is 73.8 Å². The maximum Gasteiger partial charge on any atom is 0.255 e. The molecule has 10 nitrogen and oxygen atoms in total.